The van der Waals surface area contributed by atoms with Crippen molar-refractivity contribution in [2.24, 2.45) is 0 Å². The summed E-state index contributed by atoms with van der Waals surface area (Å²) in [6, 6.07) is 12.7. The third-order valence-electron chi connectivity index (χ3n) is 3.49. The van der Waals surface area contributed by atoms with Crippen LogP contribution in [0.15, 0.2) is 53.4 Å². The van der Waals surface area contributed by atoms with E-state index in [0.29, 0.717) is 22.9 Å². The molecule has 1 amide bonds. The van der Waals surface area contributed by atoms with Crippen LogP contribution in [0.5, 0.6) is 5.75 Å². The predicted octanol–water partition coefficient (Wildman–Crippen LogP) is 3.66. The Kier molecular flexibility index (Phi) is 7.82. The van der Waals surface area contributed by atoms with Crippen molar-refractivity contribution in [3.63, 3.8) is 0 Å². The fourth-order valence-electron chi connectivity index (χ4n) is 2.15. The summed E-state index contributed by atoms with van der Waals surface area (Å²) < 4.78 is 10.4. The maximum absolute atomic E-state index is 12.0. The van der Waals surface area contributed by atoms with Crippen molar-refractivity contribution in [1.29, 1.82) is 0 Å². The maximum atomic E-state index is 12.0. The van der Waals surface area contributed by atoms with Crippen molar-refractivity contribution in [3.8, 4) is 5.75 Å². The normalized spacial score (nSPS) is 11.4. The van der Waals surface area contributed by atoms with Crippen LogP contribution in [0, 0.1) is 10.1 Å². The molecule has 28 heavy (non-hydrogen) atoms. The number of esters is 1. The first-order valence-corrected chi connectivity index (χ1v) is 9.37. The molecule has 0 unspecified atom stereocenters. The average molecular weight is 404 g/mol. The zero-order chi connectivity index (χ0) is 20.5. The van der Waals surface area contributed by atoms with Gasteiger partial charge in [0.05, 0.1) is 11.5 Å². The number of anilines is 1. The molecule has 0 bridgehead atoms. The second-order valence-electron chi connectivity index (χ2n) is 5.62. The van der Waals surface area contributed by atoms with Gasteiger partial charge in [-0.2, -0.15) is 0 Å². The van der Waals surface area contributed by atoms with E-state index in [9.17, 15) is 19.7 Å². The summed E-state index contributed by atoms with van der Waals surface area (Å²) >= 11 is 1.19. The monoisotopic (exact) mass is 404 g/mol. The molecule has 0 saturated heterocycles. The molecule has 0 saturated carbocycles. The van der Waals surface area contributed by atoms with E-state index in [2.05, 4.69) is 5.32 Å². The van der Waals surface area contributed by atoms with Crippen LogP contribution in [0.4, 0.5) is 11.4 Å². The molecule has 148 valence electrons. The Labute approximate surface area is 166 Å². The molecule has 1 N–H and O–H groups in total. The van der Waals surface area contributed by atoms with Crippen LogP contribution >= 0.6 is 11.8 Å². The van der Waals surface area contributed by atoms with Crippen molar-refractivity contribution in [2.75, 3.05) is 18.5 Å². The predicted molar refractivity (Wildman–Crippen MR) is 106 cm³/mol. The summed E-state index contributed by atoms with van der Waals surface area (Å²) in [6.45, 7) is 3.67. The van der Waals surface area contributed by atoms with Gasteiger partial charge in [-0.15, -0.1) is 11.8 Å². The molecule has 2 aromatic rings. The van der Waals surface area contributed by atoms with Gasteiger partial charge in [0.2, 0.25) is 0 Å². The number of nitro benzene ring substituents is 1. The minimum absolute atomic E-state index is 0.0226. The van der Waals surface area contributed by atoms with E-state index in [1.807, 2.05) is 6.92 Å². The molecule has 0 fully saturated rings. The summed E-state index contributed by atoms with van der Waals surface area (Å²) in [5, 5.41) is 12.7. The highest BCUT2D eigenvalue weighted by atomic mass is 32.2. The first-order chi connectivity index (χ1) is 13.4. The quantitative estimate of drug-likeness (QED) is 0.294. The Bertz CT molecular complexity index is 823. The lowest BCUT2D eigenvalue weighted by atomic mass is 10.3. The van der Waals surface area contributed by atoms with Crippen LogP contribution in [0.25, 0.3) is 0 Å². The number of benzene rings is 2. The second kappa shape index (κ2) is 10.3. The second-order valence-corrected chi connectivity index (χ2v) is 7.04. The number of carbonyl (C=O) groups excluding carboxylic acids is 2. The number of thioether (sulfide) groups is 1. The van der Waals surface area contributed by atoms with Gasteiger partial charge >= 0.3 is 5.97 Å². The Morgan fingerprint density at radius 2 is 1.79 bits per heavy atom. The zero-order valence-corrected chi connectivity index (χ0v) is 16.2. The van der Waals surface area contributed by atoms with Gasteiger partial charge in [-0.3, -0.25) is 19.7 Å². The van der Waals surface area contributed by atoms with E-state index in [0.717, 1.165) is 0 Å². The molecule has 0 aliphatic heterocycles. The summed E-state index contributed by atoms with van der Waals surface area (Å²) in [5.41, 5.74) is 0.545. The number of nitro groups is 1. The molecule has 1 atom stereocenters. The third-order valence-corrected chi connectivity index (χ3v) is 4.58. The number of ether oxygens (including phenoxy) is 2. The van der Waals surface area contributed by atoms with Gasteiger partial charge in [0, 0.05) is 22.7 Å². The van der Waals surface area contributed by atoms with Gasteiger partial charge in [0.1, 0.15) is 11.0 Å². The Morgan fingerprint density at radius 3 is 2.36 bits per heavy atom. The number of hydrogen-bond donors (Lipinski definition) is 1. The van der Waals surface area contributed by atoms with Crippen LogP contribution < -0.4 is 10.1 Å². The fraction of sp³-hybridized carbons (Fsp3) is 0.263. The number of rotatable bonds is 9. The van der Waals surface area contributed by atoms with E-state index in [-0.39, 0.29) is 5.69 Å². The van der Waals surface area contributed by atoms with E-state index in [1.54, 1.807) is 43.3 Å². The highest BCUT2D eigenvalue weighted by Crippen LogP contribution is 2.26. The number of nitrogens with one attached hydrogen (secondary N) is 1. The standard InChI is InChI=1S/C19H20N2O6S/c1-3-26-16-8-4-14(5-9-16)20-18(22)12-27-19(23)13(2)28-17-10-6-15(7-11-17)21(24)25/h4-11,13H,3,12H2,1-2H3,(H,20,22)/t13-/m0/s1. The average Bonchev–Trinajstić information content (AvgIpc) is 2.68. The Hall–Kier alpha value is -3.07. The summed E-state index contributed by atoms with van der Waals surface area (Å²) in [4.78, 5) is 34.8. The lowest BCUT2D eigenvalue weighted by Crippen LogP contribution is -2.24. The van der Waals surface area contributed by atoms with Crippen molar-refractivity contribution in [2.45, 2.75) is 24.0 Å². The molecule has 0 radical (unpaired) electrons. The Morgan fingerprint density at radius 1 is 1.14 bits per heavy atom. The van der Waals surface area contributed by atoms with Crippen LogP contribution in [0.2, 0.25) is 0 Å². The number of hydrogen-bond acceptors (Lipinski definition) is 7. The van der Waals surface area contributed by atoms with Gasteiger partial charge < -0.3 is 14.8 Å². The molecule has 8 nitrogen and oxygen atoms in total. The number of carbonyl (C=O) groups is 2. The minimum Gasteiger partial charge on any atom is -0.494 e. The van der Waals surface area contributed by atoms with Gasteiger partial charge in [0.15, 0.2) is 6.61 Å². The lowest BCUT2D eigenvalue weighted by molar-refractivity contribution is -0.384. The van der Waals surface area contributed by atoms with Crippen molar-refractivity contribution in [3.05, 3.63) is 58.6 Å². The van der Waals surface area contributed by atoms with Crippen LogP contribution in [0.1, 0.15) is 13.8 Å². The lowest BCUT2D eigenvalue weighted by Gasteiger charge is -2.11. The highest BCUT2D eigenvalue weighted by molar-refractivity contribution is 8.00. The van der Waals surface area contributed by atoms with E-state index >= 15 is 0 Å². The maximum Gasteiger partial charge on any atom is 0.319 e. The molecule has 0 aliphatic carbocycles. The number of amides is 1. The van der Waals surface area contributed by atoms with Crippen LogP contribution in [-0.4, -0.2) is 35.3 Å². The third kappa shape index (κ3) is 6.58. The van der Waals surface area contributed by atoms with Gasteiger partial charge in [-0.25, -0.2) is 0 Å². The molecule has 9 heteroatoms. The number of non-ortho nitro benzene ring substituents is 1. The molecule has 0 aromatic heterocycles. The smallest absolute Gasteiger partial charge is 0.319 e. The van der Waals surface area contributed by atoms with E-state index in [4.69, 9.17) is 9.47 Å². The SMILES string of the molecule is CCOc1ccc(NC(=O)COC(=O)[C@H](C)Sc2ccc([N+](=O)[O-])cc2)cc1. The molecular formula is C19H20N2O6S. The molecular weight excluding hydrogens is 384 g/mol. The fourth-order valence-corrected chi connectivity index (χ4v) is 3.02. The van der Waals surface area contributed by atoms with Crippen LogP contribution in [-0.2, 0) is 14.3 Å². The largest absolute Gasteiger partial charge is 0.494 e. The molecule has 0 spiro atoms. The molecule has 2 rings (SSSR count). The molecule has 2 aromatic carbocycles. The van der Waals surface area contributed by atoms with E-state index < -0.39 is 28.7 Å². The van der Waals surface area contributed by atoms with E-state index in [1.165, 1.54) is 23.9 Å². The molecule has 0 aliphatic rings. The topological polar surface area (TPSA) is 108 Å². The van der Waals surface area contributed by atoms with Gasteiger partial charge in [-0.05, 0) is 50.2 Å². The summed E-state index contributed by atoms with van der Waals surface area (Å²) in [6.07, 6.45) is 0. The Balaban J connectivity index is 1.78. The first kappa shape index (κ1) is 21.2. The summed E-state index contributed by atoms with van der Waals surface area (Å²) in [7, 11) is 0. The molecule has 0 heterocycles. The van der Waals surface area contributed by atoms with Gasteiger partial charge in [-0.1, -0.05) is 0 Å². The van der Waals surface area contributed by atoms with Crippen LogP contribution in [0.3, 0.4) is 0 Å². The minimum atomic E-state index is -0.570. The van der Waals surface area contributed by atoms with Gasteiger partial charge in [0.25, 0.3) is 11.6 Å². The van der Waals surface area contributed by atoms with Crippen molar-refractivity contribution in [1.82, 2.24) is 0 Å². The summed E-state index contributed by atoms with van der Waals surface area (Å²) in [5.74, 6) is -0.306. The zero-order valence-electron chi connectivity index (χ0n) is 15.4. The first-order valence-electron chi connectivity index (χ1n) is 8.49. The number of nitrogens with zero attached hydrogens (tertiary/aromatic N) is 1. The van der Waals surface area contributed by atoms with Crippen molar-refractivity contribution >= 4 is 35.0 Å². The van der Waals surface area contributed by atoms with Crippen molar-refractivity contribution < 1.29 is 24.0 Å². The highest BCUT2D eigenvalue weighted by Gasteiger charge is 2.18.